The molecule has 9 heteroatoms. The number of nitrogens with one attached hydrogen (secondary N) is 3. The van der Waals surface area contributed by atoms with E-state index in [9.17, 15) is 22.8 Å². The summed E-state index contributed by atoms with van der Waals surface area (Å²) in [5.41, 5.74) is 0.840. The minimum atomic E-state index is -4.49. The number of aliphatic imine (C=N–C) groups is 1. The van der Waals surface area contributed by atoms with Crippen LogP contribution in [0.3, 0.4) is 0 Å². The van der Waals surface area contributed by atoms with Gasteiger partial charge in [0.1, 0.15) is 6.04 Å². The number of anilines is 2. The molecule has 6 nitrogen and oxygen atoms in total. The average molecular weight is 390 g/mol. The summed E-state index contributed by atoms with van der Waals surface area (Å²) < 4.78 is 38.5. The van der Waals surface area contributed by atoms with Gasteiger partial charge < -0.3 is 10.6 Å². The van der Waals surface area contributed by atoms with Gasteiger partial charge in [-0.05, 0) is 37.3 Å². The lowest BCUT2D eigenvalue weighted by molar-refractivity contribution is -0.137. The maximum atomic E-state index is 12.8. The lowest BCUT2D eigenvalue weighted by atomic mass is 10.1. The fourth-order valence-corrected chi connectivity index (χ4v) is 2.58. The number of amides is 2. The van der Waals surface area contributed by atoms with Crippen LogP contribution in [0.25, 0.3) is 0 Å². The molecule has 0 aliphatic carbocycles. The third-order valence-electron chi connectivity index (χ3n) is 4.00. The van der Waals surface area contributed by atoms with Crippen molar-refractivity contribution in [2.24, 2.45) is 4.99 Å². The predicted octanol–water partition coefficient (Wildman–Crippen LogP) is 3.31. The number of rotatable bonds is 3. The highest BCUT2D eigenvalue weighted by Crippen LogP contribution is 2.30. The Morgan fingerprint density at radius 2 is 1.86 bits per heavy atom. The summed E-state index contributed by atoms with van der Waals surface area (Å²) in [6, 6.07) is 10.6. The SMILES string of the molecule is Cc1ccc(NC(=O)C2CC(=O)NC(Nc3cccc(C(F)(F)F)c3)=N2)cc1. The number of hydrogen-bond acceptors (Lipinski definition) is 4. The molecule has 1 heterocycles. The number of halogens is 3. The zero-order valence-corrected chi connectivity index (χ0v) is 14.8. The Hall–Kier alpha value is -3.36. The van der Waals surface area contributed by atoms with E-state index in [-0.39, 0.29) is 18.1 Å². The van der Waals surface area contributed by atoms with E-state index in [1.165, 1.54) is 12.1 Å². The Balaban J connectivity index is 1.74. The van der Waals surface area contributed by atoms with Crippen LogP contribution >= 0.6 is 0 Å². The van der Waals surface area contributed by atoms with Crippen LogP contribution in [0.2, 0.25) is 0 Å². The van der Waals surface area contributed by atoms with E-state index in [1.807, 2.05) is 19.1 Å². The van der Waals surface area contributed by atoms with E-state index in [1.54, 1.807) is 12.1 Å². The first-order valence-electron chi connectivity index (χ1n) is 8.40. The summed E-state index contributed by atoms with van der Waals surface area (Å²) in [6.07, 6.45) is -4.66. The highest BCUT2D eigenvalue weighted by Gasteiger charge is 2.31. The van der Waals surface area contributed by atoms with Gasteiger partial charge in [-0.2, -0.15) is 13.2 Å². The van der Waals surface area contributed by atoms with Crippen molar-refractivity contribution in [1.82, 2.24) is 5.32 Å². The van der Waals surface area contributed by atoms with Crippen LogP contribution in [0.5, 0.6) is 0 Å². The zero-order chi connectivity index (χ0) is 20.3. The standard InChI is InChI=1S/C19H17F3N4O2/c1-11-5-7-13(8-6-11)23-17(28)15-10-16(27)26-18(25-15)24-14-4-2-3-12(9-14)19(20,21)22/h2-9,15H,10H2,1H3,(H,23,28)(H2,24,25,26,27). The van der Waals surface area contributed by atoms with Gasteiger partial charge in [0, 0.05) is 11.4 Å². The van der Waals surface area contributed by atoms with Crippen molar-refractivity contribution in [2.75, 3.05) is 10.6 Å². The van der Waals surface area contributed by atoms with Crippen LogP contribution in [0.15, 0.2) is 53.5 Å². The molecule has 0 spiro atoms. The zero-order valence-electron chi connectivity index (χ0n) is 14.8. The number of hydrogen-bond donors (Lipinski definition) is 3. The first-order valence-corrected chi connectivity index (χ1v) is 8.40. The number of carbonyl (C=O) groups excluding carboxylic acids is 2. The van der Waals surface area contributed by atoms with Gasteiger partial charge in [-0.15, -0.1) is 0 Å². The molecule has 0 bridgehead atoms. The number of alkyl halides is 3. The number of nitrogens with zero attached hydrogens (tertiary/aromatic N) is 1. The molecule has 0 radical (unpaired) electrons. The molecule has 1 atom stereocenters. The van der Waals surface area contributed by atoms with Crippen molar-refractivity contribution in [3.8, 4) is 0 Å². The van der Waals surface area contributed by atoms with Crippen LogP contribution in [-0.4, -0.2) is 23.8 Å². The van der Waals surface area contributed by atoms with E-state index < -0.39 is 29.6 Å². The van der Waals surface area contributed by atoms with Crippen molar-refractivity contribution >= 4 is 29.1 Å². The fraction of sp³-hybridized carbons (Fsp3) is 0.211. The monoisotopic (exact) mass is 390 g/mol. The Morgan fingerprint density at radius 1 is 1.14 bits per heavy atom. The number of benzene rings is 2. The quantitative estimate of drug-likeness (QED) is 0.752. The van der Waals surface area contributed by atoms with Gasteiger partial charge in [-0.1, -0.05) is 23.8 Å². The lowest BCUT2D eigenvalue weighted by Crippen LogP contribution is -2.45. The van der Waals surface area contributed by atoms with E-state index in [4.69, 9.17) is 0 Å². The van der Waals surface area contributed by atoms with Crippen LogP contribution < -0.4 is 16.0 Å². The Bertz CT molecular complexity index is 924. The topological polar surface area (TPSA) is 82.6 Å². The molecular weight excluding hydrogens is 373 g/mol. The molecule has 0 saturated heterocycles. The van der Waals surface area contributed by atoms with Crippen LogP contribution in [-0.2, 0) is 15.8 Å². The first kappa shape index (κ1) is 19.4. The van der Waals surface area contributed by atoms with Crippen molar-refractivity contribution in [3.05, 3.63) is 59.7 Å². The molecule has 2 aromatic rings. The van der Waals surface area contributed by atoms with Crippen LogP contribution in [0, 0.1) is 6.92 Å². The number of carbonyl (C=O) groups is 2. The minimum absolute atomic E-state index is 0.0837. The van der Waals surface area contributed by atoms with E-state index in [0.29, 0.717) is 5.69 Å². The van der Waals surface area contributed by atoms with Crippen molar-refractivity contribution in [2.45, 2.75) is 25.6 Å². The van der Waals surface area contributed by atoms with Gasteiger partial charge in [-0.25, -0.2) is 4.99 Å². The lowest BCUT2D eigenvalue weighted by Gasteiger charge is -2.21. The fourth-order valence-electron chi connectivity index (χ4n) is 2.58. The molecule has 3 N–H and O–H groups in total. The van der Waals surface area contributed by atoms with Crippen molar-refractivity contribution < 1.29 is 22.8 Å². The Morgan fingerprint density at radius 3 is 2.54 bits per heavy atom. The van der Waals surface area contributed by atoms with E-state index in [0.717, 1.165) is 17.7 Å². The molecule has 0 saturated carbocycles. The summed E-state index contributed by atoms with van der Waals surface area (Å²) in [5, 5.41) is 7.71. The summed E-state index contributed by atoms with van der Waals surface area (Å²) in [6.45, 7) is 1.91. The normalized spacial score (nSPS) is 16.8. The number of guanidine groups is 1. The molecule has 1 aliphatic heterocycles. The van der Waals surface area contributed by atoms with E-state index in [2.05, 4.69) is 20.9 Å². The molecule has 3 rings (SSSR count). The highest BCUT2D eigenvalue weighted by molar-refractivity contribution is 6.10. The molecule has 0 fully saturated rings. The highest BCUT2D eigenvalue weighted by atomic mass is 19.4. The second-order valence-corrected chi connectivity index (χ2v) is 6.30. The summed E-state index contributed by atoms with van der Waals surface area (Å²) in [4.78, 5) is 28.4. The third kappa shape index (κ3) is 4.87. The molecule has 1 unspecified atom stereocenters. The van der Waals surface area contributed by atoms with Crippen molar-refractivity contribution in [1.29, 1.82) is 0 Å². The van der Waals surface area contributed by atoms with Crippen LogP contribution in [0.1, 0.15) is 17.5 Å². The largest absolute Gasteiger partial charge is 0.416 e. The predicted molar refractivity (Wildman–Crippen MR) is 98.9 cm³/mol. The first-order chi connectivity index (χ1) is 13.2. The van der Waals surface area contributed by atoms with Gasteiger partial charge in [0.05, 0.1) is 12.0 Å². The second-order valence-electron chi connectivity index (χ2n) is 6.30. The summed E-state index contributed by atoms with van der Waals surface area (Å²) in [5.74, 6) is -1.03. The maximum absolute atomic E-state index is 12.8. The third-order valence-corrected chi connectivity index (χ3v) is 4.00. The average Bonchev–Trinajstić information content (AvgIpc) is 2.62. The molecule has 2 amide bonds. The van der Waals surface area contributed by atoms with Gasteiger partial charge in [0.25, 0.3) is 0 Å². The Labute approximate surface area is 158 Å². The van der Waals surface area contributed by atoms with Gasteiger partial charge in [-0.3, -0.25) is 14.9 Å². The smallest absolute Gasteiger partial charge is 0.326 e. The van der Waals surface area contributed by atoms with Gasteiger partial charge in [0.15, 0.2) is 0 Å². The molecule has 2 aromatic carbocycles. The summed E-state index contributed by atoms with van der Waals surface area (Å²) >= 11 is 0. The molecule has 28 heavy (non-hydrogen) atoms. The van der Waals surface area contributed by atoms with Crippen LogP contribution in [0.4, 0.5) is 24.5 Å². The maximum Gasteiger partial charge on any atom is 0.416 e. The summed E-state index contributed by atoms with van der Waals surface area (Å²) in [7, 11) is 0. The molecule has 1 aliphatic rings. The second kappa shape index (κ2) is 7.71. The molecule has 146 valence electrons. The molecule has 0 aromatic heterocycles. The Kier molecular flexibility index (Phi) is 5.34. The van der Waals surface area contributed by atoms with E-state index >= 15 is 0 Å². The van der Waals surface area contributed by atoms with Gasteiger partial charge in [0.2, 0.25) is 17.8 Å². The number of aryl methyl sites for hydroxylation is 1. The minimum Gasteiger partial charge on any atom is -0.326 e. The molecular formula is C19H17F3N4O2. The van der Waals surface area contributed by atoms with Gasteiger partial charge >= 0.3 is 6.18 Å². The van der Waals surface area contributed by atoms with Crippen molar-refractivity contribution in [3.63, 3.8) is 0 Å².